The maximum Gasteiger partial charge on any atom is 0.296 e. The van der Waals surface area contributed by atoms with Crippen LogP contribution in [0.2, 0.25) is 0 Å². The van der Waals surface area contributed by atoms with Gasteiger partial charge in [-0.1, -0.05) is 55.4 Å². The van der Waals surface area contributed by atoms with Crippen LogP contribution >= 0.6 is 11.3 Å². The van der Waals surface area contributed by atoms with Gasteiger partial charge in [-0.05, 0) is 67.3 Å². The molecule has 1 aliphatic rings. The number of carbonyl (C=O) groups is 2. The van der Waals surface area contributed by atoms with E-state index in [0.29, 0.717) is 45.5 Å². The second kappa shape index (κ2) is 12.3. The molecule has 3 heterocycles. The van der Waals surface area contributed by atoms with Gasteiger partial charge in [-0.2, -0.15) is 0 Å². The molecule has 0 fully saturated rings. The molecule has 0 saturated heterocycles. The first-order valence-corrected chi connectivity index (χ1v) is 15.6. The van der Waals surface area contributed by atoms with E-state index in [1.54, 1.807) is 42.5 Å². The zero-order valence-electron chi connectivity index (χ0n) is 25.8. The number of unbranched alkanes of at least 4 members (excludes halogenated alkanes) is 2. The maximum atomic E-state index is 14.2. The molecule has 1 atom stereocenters. The van der Waals surface area contributed by atoms with Gasteiger partial charge in [0.1, 0.15) is 0 Å². The number of carbonyl (C=O) groups excluding carboxylic acids is 2. The Hall–Kier alpha value is -4.83. The van der Waals surface area contributed by atoms with Crippen molar-refractivity contribution in [3.63, 3.8) is 0 Å². The second-order valence-electron chi connectivity index (χ2n) is 11.0. The largest absolute Gasteiger partial charge is 0.503 e. The summed E-state index contributed by atoms with van der Waals surface area (Å²) in [7, 11) is 3.05. The van der Waals surface area contributed by atoms with Gasteiger partial charge in [0.25, 0.3) is 5.91 Å². The number of aromatic nitrogens is 1. The molecule has 0 saturated carbocycles. The first-order chi connectivity index (χ1) is 21.7. The zero-order valence-corrected chi connectivity index (χ0v) is 26.6. The van der Waals surface area contributed by atoms with E-state index in [9.17, 15) is 14.7 Å². The molecule has 1 aliphatic heterocycles. The molecule has 6 rings (SSSR count). The molecule has 1 amide bonds. The number of ether oxygens (including phenoxy) is 3. The molecular formula is C35H34N2O7S. The van der Waals surface area contributed by atoms with E-state index in [1.807, 2.05) is 26.0 Å². The Kier molecular flexibility index (Phi) is 8.24. The normalized spacial score (nSPS) is 15.0. The Morgan fingerprint density at radius 3 is 2.58 bits per heavy atom. The number of fused-ring (bicyclic) bond motifs is 2. The SMILES string of the molecule is CCCCCOc1ccc(C2C(C(=O)c3cc4cccc(OC)c4o3)=C(O)C(=O)N2c2nc3c(C)cc(C)cc3s2)cc1OC. The summed E-state index contributed by atoms with van der Waals surface area (Å²) in [6.45, 7) is 6.62. The third-order valence-corrected chi connectivity index (χ3v) is 8.94. The smallest absolute Gasteiger partial charge is 0.296 e. The summed E-state index contributed by atoms with van der Waals surface area (Å²) in [4.78, 5) is 34.3. The molecular weight excluding hydrogens is 592 g/mol. The first kappa shape index (κ1) is 30.2. The van der Waals surface area contributed by atoms with Crippen LogP contribution < -0.4 is 19.1 Å². The Balaban J connectivity index is 1.48. The predicted octanol–water partition coefficient (Wildman–Crippen LogP) is 8.03. The third-order valence-electron chi connectivity index (χ3n) is 7.94. The lowest BCUT2D eigenvalue weighted by molar-refractivity contribution is -0.117. The summed E-state index contributed by atoms with van der Waals surface area (Å²) in [6.07, 6.45) is 3.02. The molecule has 0 spiro atoms. The Bertz CT molecular complexity index is 1970. The Morgan fingerprint density at radius 1 is 1.02 bits per heavy atom. The summed E-state index contributed by atoms with van der Waals surface area (Å²) in [5.41, 5.74) is 3.59. The van der Waals surface area contributed by atoms with Crippen LogP contribution in [0.4, 0.5) is 5.13 Å². The Labute approximate surface area is 264 Å². The van der Waals surface area contributed by atoms with Crippen LogP contribution in [-0.2, 0) is 4.79 Å². The minimum absolute atomic E-state index is 0.0330. The van der Waals surface area contributed by atoms with Gasteiger partial charge < -0.3 is 23.7 Å². The van der Waals surface area contributed by atoms with Gasteiger partial charge in [0.15, 0.2) is 39.5 Å². The van der Waals surface area contributed by atoms with E-state index in [2.05, 4.69) is 6.92 Å². The number of benzene rings is 3. The van der Waals surface area contributed by atoms with Gasteiger partial charge in [-0.25, -0.2) is 4.98 Å². The van der Waals surface area contributed by atoms with Crippen molar-refractivity contribution in [1.82, 2.24) is 4.98 Å². The summed E-state index contributed by atoms with van der Waals surface area (Å²) in [6, 6.07) is 15.2. The van der Waals surface area contributed by atoms with Crippen molar-refractivity contribution in [1.29, 1.82) is 0 Å². The van der Waals surface area contributed by atoms with Crippen molar-refractivity contribution in [2.75, 3.05) is 25.7 Å². The summed E-state index contributed by atoms with van der Waals surface area (Å²) >= 11 is 1.32. The number of aliphatic hydroxyl groups is 1. The number of para-hydroxylation sites is 1. The van der Waals surface area contributed by atoms with E-state index in [0.717, 1.165) is 40.6 Å². The highest BCUT2D eigenvalue weighted by atomic mass is 32.1. The first-order valence-electron chi connectivity index (χ1n) is 14.8. The highest BCUT2D eigenvalue weighted by Crippen LogP contribution is 2.46. The summed E-state index contributed by atoms with van der Waals surface area (Å²) < 4.78 is 24.0. The van der Waals surface area contributed by atoms with Crippen LogP contribution in [0.15, 0.2) is 70.3 Å². The number of hydrogen-bond donors (Lipinski definition) is 1. The lowest BCUT2D eigenvalue weighted by Gasteiger charge is -2.25. The molecule has 9 nitrogen and oxygen atoms in total. The number of rotatable bonds is 11. The van der Waals surface area contributed by atoms with Gasteiger partial charge in [0.2, 0.25) is 5.78 Å². The summed E-state index contributed by atoms with van der Waals surface area (Å²) in [5, 5.41) is 12.4. The number of nitrogens with zero attached hydrogens (tertiary/aromatic N) is 2. The van der Waals surface area contributed by atoms with Crippen LogP contribution in [0, 0.1) is 13.8 Å². The average Bonchev–Trinajstić information content (AvgIpc) is 3.73. The highest BCUT2D eigenvalue weighted by molar-refractivity contribution is 7.22. The van der Waals surface area contributed by atoms with Crippen LogP contribution in [-0.4, -0.2) is 42.6 Å². The number of thiazole rings is 1. The number of furan rings is 1. The van der Waals surface area contributed by atoms with Gasteiger partial charge in [0.05, 0.1) is 42.7 Å². The second-order valence-corrected chi connectivity index (χ2v) is 12.1. The van der Waals surface area contributed by atoms with Crippen molar-refractivity contribution < 1.29 is 33.3 Å². The lowest BCUT2D eigenvalue weighted by atomic mass is 9.95. The predicted molar refractivity (Wildman–Crippen MR) is 174 cm³/mol. The van der Waals surface area contributed by atoms with Crippen LogP contribution in [0.1, 0.15) is 59.5 Å². The molecule has 45 heavy (non-hydrogen) atoms. The molecule has 5 aromatic rings. The van der Waals surface area contributed by atoms with Crippen molar-refractivity contribution >= 4 is 49.3 Å². The van der Waals surface area contributed by atoms with Crippen molar-refractivity contribution in [2.45, 2.75) is 46.1 Å². The summed E-state index contributed by atoms with van der Waals surface area (Å²) in [5.74, 6) is -0.603. The molecule has 0 bridgehead atoms. The maximum absolute atomic E-state index is 14.2. The molecule has 1 N–H and O–H groups in total. The van der Waals surface area contributed by atoms with E-state index in [-0.39, 0.29) is 11.3 Å². The van der Waals surface area contributed by atoms with E-state index >= 15 is 0 Å². The number of aryl methyl sites for hydroxylation is 2. The molecule has 3 aromatic carbocycles. The fourth-order valence-corrected chi connectivity index (χ4v) is 6.93. The molecule has 1 unspecified atom stereocenters. The number of amides is 1. The van der Waals surface area contributed by atoms with Crippen molar-refractivity contribution in [2.24, 2.45) is 0 Å². The van der Waals surface area contributed by atoms with Gasteiger partial charge in [0, 0.05) is 5.39 Å². The third kappa shape index (κ3) is 5.39. The topological polar surface area (TPSA) is 111 Å². The number of ketones is 1. The van der Waals surface area contributed by atoms with Crippen LogP contribution in [0.25, 0.3) is 21.2 Å². The minimum Gasteiger partial charge on any atom is -0.503 e. The van der Waals surface area contributed by atoms with E-state index in [1.165, 1.54) is 30.5 Å². The fraction of sp³-hybridized carbons (Fsp3) is 0.286. The fourth-order valence-electron chi connectivity index (χ4n) is 5.76. The van der Waals surface area contributed by atoms with Crippen molar-refractivity contribution in [3.8, 4) is 17.2 Å². The molecule has 2 aromatic heterocycles. The van der Waals surface area contributed by atoms with Crippen molar-refractivity contribution in [3.05, 3.63) is 88.4 Å². The van der Waals surface area contributed by atoms with Crippen LogP contribution in [0.3, 0.4) is 0 Å². The van der Waals surface area contributed by atoms with Gasteiger partial charge in [-0.3, -0.25) is 14.5 Å². The number of hydrogen-bond acceptors (Lipinski definition) is 9. The van der Waals surface area contributed by atoms with Gasteiger partial charge in [-0.15, -0.1) is 0 Å². The van der Waals surface area contributed by atoms with Gasteiger partial charge >= 0.3 is 0 Å². The molecule has 232 valence electrons. The van der Waals surface area contributed by atoms with Crippen LogP contribution in [0.5, 0.6) is 17.2 Å². The quantitative estimate of drug-likeness (QED) is 0.116. The molecule has 10 heteroatoms. The number of Topliss-reactive ketones (excluding diaryl/α,β-unsaturated/α-hetero) is 1. The minimum atomic E-state index is -1.02. The highest BCUT2D eigenvalue weighted by Gasteiger charge is 2.47. The average molecular weight is 627 g/mol. The van der Waals surface area contributed by atoms with E-state index < -0.39 is 23.5 Å². The number of anilines is 1. The molecule has 0 radical (unpaired) electrons. The number of aliphatic hydroxyl groups excluding tert-OH is 1. The Morgan fingerprint density at radius 2 is 1.82 bits per heavy atom. The number of methoxy groups -OCH3 is 2. The zero-order chi connectivity index (χ0) is 31.8. The van der Waals surface area contributed by atoms with E-state index in [4.69, 9.17) is 23.6 Å². The lowest BCUT2D eigenvalue weighted by Crippen LogP contribution is -2.31. The monoisotopic (exact) mass is 626 g/mol. The molecule has 0 aliphatic carbocycles. The standard InChI is InChI=1S/C35H34N2O7S/c1-6-7-8-14-43-23-13-12-21(17-25(23)42-5)30-28(31(38)26-18-22-10-9-11-24(41-4)33(22)44-26)32(39)34(40)37(30)35-36-29-20(3)15-19(2)16-27(29)45-35/h9-13,15-18,30,39H,6-8,14H2,1-5H3.